The van der Waals surface area contributed by atoms with E-state index in [1.165, 1.54) is 6.07 Å². The molecule has 3 aliphatic rings. The number of aromatic nitrogens is 1. The number of nitrogens with one attached hydrogen (secondary N) is 2. The van der Waals surface area contributed by atoms with Crippen LogP contribution in [-0.2, 0) is 25.4 Å². The Morgan fingerprint density at radius 1 is 1.24 bits per heavy atom. The van der Waals surface area contributed by atoms with Crippen LogP contribution in [0.2, 0.25) is 5.02 Å². The van der Waals surface area contributed by atoms with E-state index in [2.05, 4.69) is 27.3 Å². The number of halogens is 2. The molecule has 0 amide bonds. The van der Waals surface area contributed by atoms with Crippen LogP contribution in [0.5, 0.6) is 5.75 Å². The van der Waals surface area contributed by atoms with Crippen molar-refractivity contribution in [3.63, 3.8) is 0 Å². The molecule has 2 aromatic rings. The van der Waals surface area contributed by atoms with Gasteiger partial charge in [-0.15, -0.1) is 0 Å². The number of ether oxygens (including phenoxy) is 5. The molecule has 12 heteroatoms. The van der Waals surface area contributed by atoms with Crippen molar-refractivity contribution in [3.8, 4) is 5.75 Å². The van der Waals surface area contributed by atoms with Gasteiger partial charge < -0.3 is 39.4 Å². The van der Waals surface area contributed by atoms with Crippen molar-refractivity contribution in [3.05, 3.63) is 40.2 Å². The van der Waals surface area contributed by atoms with Gasteiger partial charge in [-0.05, 0) is 44.2 Å². The van der Waals surface area contributed by atoms with Crippen molar-refractivity contribution >= 4 is 35.6 Å². The number of aliphatic hydroxyl groups excluding tert-OH is 1. The largest absolute Gasteiger partial charge is 0.491 e. The second-order valence-electron chi connectivity index (χ2n) is 9.30. The van der Waals surface area contributed by atoms with Crippen molar-refractivity contribution in [1.82, 2.24) is 4.98 Å². The molecule has 1 aliphatic carbocycles. The van der Waals surface area contributed by atoms with Crippen LogP contribution in [0, 0.1) is 5.82 Å². The van der Waals surface area contributed by atoms with Gasteiger partial charge in [0.1, 0.15) is 55.1 Å². The second-order valence-corrected chi connectivity index (χ2v) is 9.70. The highest BCUT2D eigenvalue weighted by Crippen LogP contribution is 2.40. The van der Waals surface area contributed by atoms with Gasteiger partial charge in [0.2, 0.25) is 0 Å². The summed E-state index contributed by atoms with van der Waals surface area (Å²) in [5.41, 5.74) is 2.00. The third-order valence-electron chi connectivity index (χ3n) is 6.90. The summed E-state index contributed by atoms with van der Waals surface area (Å²) in [7, 11) is 0. The molecule has 2 aliphatic heterocycles. The lowest BCUT2D eigenvalue weighted by Crippen LogP contribution is -2.33. The highest BCUT2D eigenvalue weighted by Gasteiger charge is 2.47. The predicted octanol–water partition coefficient (Wildman–Crippen LogP) is 3.63. The molecule has 5 rings (SSSR count). The Balaban J connectivity index is 1.21. The lowest BCUT2D eigenvalue weighted by Gasteiger charge is -2.20. The van der Waals surface area contributed by atoms with Gasteiger partial charge in [0.25, 0.3) is 0 Å². The Morgan fingerprint density at radius 3 is 2.89 bits per heavy atom. The maximum Gasteiger partial charge on any atom is 0.177 e. The molecule has 0 bridgehead atoms. The summed E-state index contributed by atoms with van der Waals surface area (Å²) >= 11 is 6.55. The minimum Gasteiger partial charge on any atom is -0.491 e. The number of hydrogen-bond acceptors (Lipinski definition) is 10. The average Bonchev–Trinajstić information content (AvgIpc) is 3.60. The molecule has 0 saturated carbocycles. The first-order valence-corrected chi connectivity index (χ1v) is 13.1. The highest BCUT2D eigenvalue weighted by atomic mass is 35.5. The Kier molecular flexibility index (Phi) is 8.61. The van der Waals surface area contributed by atoms with E-state index >= 15 is 4.39 Å². The number of rotatable bonds is 12. The third kappa shape index (κ3) is 5.73. The van der Waals surface area contributed by atoms with Gasteiger partial charge in [-0.2, -0.15) is 0 Å². The van der Waals surface area contributed by atoms with E-state index in [0.29, 0.717) is 72.9 Å². The number of pyridine rings is 1. The Morgan fingerprint density at radius 2 is 2.08 bits per heavy atom. The smallest absolute Gasteiger partial charge is 0.177 e. The van der Waals surface area contributed by atoms with E-state index in [1.807, 2.05) is 13.0 Å². The molecule has 0 spiro atoms. The van der Waals surface area contributed by atoms with Crippen molar-refractivity contribution < 1.29 is 33.2 Å². The summed E-state index contributed by atoms with van der Waals surface area (Å²) in [5, 5.41) is 16.6. The number of hydrogen-bond donors (Lipinski definition) is 3. The molecule has 3 N–H and O–H groups in total. The van der Waals surface area contributed by atoms with Gasteiger partial charge in [-0.1, -0.05) is 11.6 Å². The first-order chi connectivity index (χ1) is 18.5. The molecular formula is C26H32ClFN4O6. The van der Waals surface area contributed by atoms with E-state index < -0.39 is 6.10 Å². The SMILES string of the molecule is C=Nc1nc(N[C@H]2CCc3cc(OCCOCC)cc(F)c32)c(Cl)cc1NCO[C@@H]1CO[C@H]2[C@@H]1OC[C@H]2O. The fourth-order valence-corrected chi connectivity index (χ4v) is 5.29. The van der Waals surface area contributed by atoms with Gasteiger partial charge in [0.15, 0.2) is 5.82 Å². The summed E-state index contributed by atoms with van der Waals surface area (Å²) in [5.74, 6) is 0.860. The van der Waals surface area contributed by atoms with Gasteiger partial charge in [0, 0.05) is 18.2 Å². The summed E-state index contributed by atoms with van der Waals surface area (Å²) < 4.78 is 43.0. The number of aliphatic imine (C=N–C) groups is 1. The monoisotopic (exact) mass is 550 g/mol. The van der Waals surface area contributed by atoms with Crippen LogP contribution in [0.4, 0.5) is 21.7 Å². The molecule has 0 unspecified atom stereocenters. The molecule has 38 heavy (non-hydrogen) atoms. The van der Waals surface area contributed by atoms with E-state index in [4.69, 9.17) is 35.3 Å². The minimum absolute atomic E-state index is 0.125. The summed E-state index contributed by atoms with van der Waals surface area (Å²) in [6.45, 7) is 7.65. The van der Waals surface area contributed by atoms with E-state index in [1.54, 1.807) is 6.07 Å². The third-order valence-corrected chi connectivity index (χ3v) is 7.19. The Labute approximate surface area is 225 Å². The van der Waals surface area contributed by atoms with Gasteiger partial charge in [0.05, 0.1) is 36.6 Å². The normalized spacial score (nSPS) is 25.7. The van der Waals surface area contributed by atoms with Crippen LogP contribution in [0.1, 0.15) is 30.5 Å². The number of aliphatic hydroxyl groups is 1. The van der Waals surface area contributed by atoms with Crippen LogP contribution in [-0.4, -0.2) is 81.0 Å². The highest BCUT2D eigenvalue weighted by molar-refractivity contribution is 6.33. The molecule has 0 radical (unpaired) electrons. The number of fused-ring (bicyclic) bond motifs is 2. The van der Waals surface area contributed by atoms with Crippen LogP contribution >= 0.6 is 11.6 Å². The number of anilines is 2. The summed E-state index contributed by atoms with van der Waals surface area (Å²) in [4.78, 5) is 8.53. The molecule has 1 aromatic heterocycles. The molecule has 3 heterocycles. The molecule has 10 nitrogen and oxygen atoms in total. The first-order valence-electron chi connectivity index (χ1n) is 12.7. The minimum atomic E-state index is -0.637. The molecule has 206 valence electrons. The molecule has 1 aromatic carbocycles. The number of nitrogens with zero attached hydrogens (tertiary/aromatic N) is 2. The van der Waals surface area contributed by atoms with Crippen molar-refractivity contribution in [2.24, 2.45) is 4.99 Å². The van der Waals surface area contributed by atoms with Crippen molar-refractivity contribution in [2.75, 3.05) is 50.4 Å². The maximum atomic E-state index is 15.1. The lowest BCUT2D eigenvalue weighted by atomic mass is 10.1. The molecule has 2 saturated heterocycles. The fourth-order valence-electron chi connectivity index (χ4n) is 5.09. The van der Waals surface area contributed by atoms with Crippen LogP contribution in [0.3, 0.4) is 0 Å². The molecule has 2 fully saturated rings. The second kappa shape index (κ2) is 12.1. The first kappa shape index (κ1) is 27.0. The van der Waals surface area contributed by atoms with Crippen LogP contribution < -0.4 is 15.4 Å². The number of benzene rings is 1. The topological polar surface area (TPSA) is 116 Å². The summed E-state index contributed by atoms with van der Waals surface area (Å²) in [6.07, 6.45) is -0.230. The Bertz CT molecular complexity index is 1160. The Hall–Kier alpha value is -2.54. The van der Waals surface area contributed by atoms with Crippen molar-refractivity contribution in [1.29, 1.82) is 0 Å². The maximum absolute atomic E-state index is 15.1. The van der Waals surface area contributed by atoms with Crippen LogP contribution in [0.25, 0.3) is 0 Å². The van der Waals surface area contributed by atoms with Gasteiger partial charge in [-0.25, -0.2) is 14.4 Å². The quantitative estimate of drug-likeness (QED) is 0.207. The summed E-state index contributed by atoms with van der Waals surface area (Å²) in [6, 6.07) is 4.65. The molecular weight excluding hydrogens is 519 g/mol. The van der Waals surface area contributed by atoms with Gasteiger partial charge >= 0.3 is 0 Å². The van der Waals surface area contributed by atoms with Crippen molar-refractivity contribution in [2.45, 2.75) is 50.2 Å². The zero-order chi connectivity index (χ0) is 26.6. The molecule has 5 atom stereocenters. The predicted molar refractivity (Wildman–Crippen MR) is 140 cm³/mol. The average molecular weight is 551 g/mol. The van der Waals surface area contributed by atoms with E-state index in [9.17, 15) is 5.11 Å². The van der Waals surface area contributed by atoms with E-state index in [0.717, 1.165) is 5.56 Å². The van der Waals surface area contributed by atoms with Gasteiger partial charge in [-0.3, -0.25) is 0 Å². The zero-order valence-electron chi connectivity index (χ0n) is 21.1. The van der Waals surface area contributed by atoms with Crippen LogP contribution in [0.15, 0.2) is 23.2 Å². The van der Waals surface area contributed by atoms with E-state index in [-0.39, 0.29) is 43.5 Å². The lowest BCUT2D eigenvalue weighted by molar-refractivity contribution is -0.0311. The standard InChI is InChI=1S/C26H32ClFN4O6/c1-3-34-6-7-35-15-8-14-4-5-18(22(14)17(28)9-15)31-25-16(27)10-19(26(29-2)32-25)30-13-38-21-12-37-23-20(33)11-36-24(21)23/h8-10,18,20-21,23-24,30,33H,2-7,11-13H2,1H3,(H,31,32)/t18-,20+,21+,23+,24+/m0/s1. The number of aryl methyl sites for hydroxylation is 1. The fraction of sp³-hybridized carbons (Fsp3) is 0.538. The zero-order valence-corrected chi connectivity index (χ0v) is 21.9.